The molecule has 0 aliphatic rings. The molecule has 0 bridgehead atoms. The lowest BCUT2D eigenvalue weighted by Crippen LogP contribution is -2.15. The number of nitrogens with one attached hydrogen (secondary N) is 1. The molecule has 2 rings (SSSR count). The molecule has 1 amide bonds. The highest BCUT2D eigenvalue weighted by Gasteiger charge is 2.13. The maximum absolute atomic E-state index is 12.4. The summed E-state index contributed by atoms with van der Waals surface area (Å²) >= 11 is 6.02. The first-order chi connectivity index (χ1) is 13.0. The number of nitrogens with zero attached hydrogens (tertiary/aromatic N) is 1. The van der Waals surface area contributed by atoms with E-state index in [2.05, 4.69) is 5.32 Å². The van der Waals surface area contributed by atoms with E-state index >= 15 is 0 Å². The zero-order valence-corrected chi connectivity index (χ0v) is 15.3. The summed E-state index contributed by atoms with van der Waals surface area (Å²) < 4.78 is 10.2. The lowest BCUT2D eigenvalue weighted by molar-refractivity contribution is -0.145. The van der Waals surface area contributed by atoms with Gasteiger partial charge in [0.2, 0.25) is 0 Å². The second-order valence-electron chi connectivity index (χ2n) is 5.24. The maximum Gasteiger partial charge on any atom is 0.344 e. The molecule has 0 radical (unpaired) electrons. The summed E-state index contributed by atoms with van der Waals surface area (Å²) in [6, 6.07) is 15.3. The van der Waals surface area contributed by atoms with Crippen LogP contribution in [-0.2, 0) is 14.3 Å². The average Bonchev–Trinajstić information content (AvgIpc) is 2.67. The van der Waals surface area contributed by atoms with Gasteiger partial charge in [0.05, 0.1) is 17.3 Å². The number of nitriles is 1. The van der Waals surface area contributed by atoms with Crippen LogP contribution < -0.4 is 10.1 Å². The maximum atomic E-state index is 12.4. The molecular weight excluding hydrogens is 368 g/mol. The van der Waals surface area contributed by atoms with Gasteiger partial charge in [0.25, 0.3) is 5.91 Å². The number of amides is 1. The first-order valence-electron chi connectivity index (χ1n) is 8.10. The molecule has 0 unspecified atom stereocenters. The molecule has 0 aliphatic carbocycles. The van der Waals surface area contributed by atoms with E-state index in [1.54, 1.807) is 55.5 Å². The Morgan fingerprint density at radius 1 is 1.19 bits per heavy atom. The van der Waals surface area contributed by atoms with Crippen LogP contribution in [0.15, 0.2) is 54.1 Å². The minimum atomic E-state index is -0.606. The molecule has 6 nitrogen and oxygen atoms in total. The van der Waals surface area contributed by atoms with E-state index in [1.165, 1.54) is 6.08 Å². The number of benzene rings is 2. The van der Waals surface area contributed by atoms with Crippen LogP contribution in [0.25, 0.3) is 6.08 Å². The quantitative estimate of drug-likeness (QED) is 0.445. The van der Waals surface area contributed by atoms with Gasteiger partial charge in [0.15, 0.2) is 6.61 Å². The molecule has 0 heterocycles. The SMILES string of the molecule is CCOC(=O)COc1ccccc1/C=C(\C#N)C(=O)Nc1ccccc1Cl. The van der Waals surface area contributed by atoms with Crippen molar-refractivity contribution in [3.63, 3.8) is 0 Å². The van der Waals surface area contributed by atoms with Gasteiger partial charge in [-0.05, 0) is 31.2 Å². The first kappa shape index (κ1) is 20.0. The Balaban J connectivity index is 2.19. The minimum absolute atomic E-state index is 0.137. The summed E-state index contributed by atoms with van der Waals surface area (Å²) in [4.78, 5) is 23.8. The predicted molar refractivity (Wildman–Crippen MR) is 102 cm³/mol. The van der Waals surface area contributed by atoms with Crippen molar-refractivity contribution in [2.45, 2.75) is 6.92 Å². The van der Waals surface area contributed by atoms with Crippen molar-refractivity contribution in [1.82, 2.24) is 0 Å². The van der Waals surface area contributed by atoms with Crippen LogP contribution in [0.3, 0.4) is 0 Å². The smallest absolute Gasteiger partial charge is 0.344 e. The van der Waals surface area contributed by atoms with Crippen molar-refractivity contribution in [3.05, 3.63) is 64.7 Å². The van der Waals surface area contributed by atoms with E-state index in [1.807, 2.05) is 6.07 Å². The van der Waals surface area contributed by atoms with Gasteiger partial charge in [0, 0.05) is 5.56 Å². The van der Waals surface area contributed by atoms with Crippen molar-refractivity contribution < 1.29 is 19.1 Å². The molecule has 138 valence electrons. The molecule has 2 aromatic carbocycles. The van der Waals surface area contributed by atoms with Crippen LogP contribution in [0.1, 0.15) is 12.5 Å². The highest BCUT2D eigenvalue weighted by atomic mass is 35.5. The van der Waals surface area contributed by atoms with Crippen LogP contribution in [0.5, 0.6) is 5.75 Å². The Bertz CT molecular complexity index is 903. The number of hydrogen-bond acceptors (Lipinski definition) is 5. The summed E-state index contributed by atoms with van der Waals surface area (Å²) in [6.07, 6.45) is 1.38. The molecule has 7 heteroatoms. The van der Waals surface area contributed by atoms with E-state index in [0.717, 1.165) is 0 Å². The Labute approximate surface area is 162 Å². The predicted octanol–water partition coefficient (Wildman–Crippen LogP) is 3.83. The molecule has 0 saturated heterocycles. The van der Waals surface area contributed by atoms with Crippen LogP contribution >= 0.6 is 11.6 Å². The van der Waals surface area contributed by atoms with Crippen molar-refractivity contribution in [2.75, 3.05) is 18.5 Å². The van der Waals surface area contributed by atoms with Gasteiger partial charge in [-0.25, -0.2) is 4.79 Å². The molecular formula is C20H17ClN2O4. The molecule has 27 heavy (non-hydrogen) atoms. The normalized spacial score (nSPS) is 10.6. The number of esters is 1. The number of ether oxygens (including phenoxy) is 2. The third kappa shape index (κ3) is 5.87. The second-order valence-corrected chi connectivity index (χ2v) is 5.64. The fourth-order valence-electron chi connectivity index (χ4n) is 2.13. The number of carbonyl (C=O) groups is 2. The van der Waals surface area contributed by atoms with Crippen molar-refractivity contribution in [2.24, 2.45) is 0 Å². The first-order valence-corrected chi connectivity index (χ1v) is 8.48. The topological polar surface area (TPSA) is 88.4 Å². The van der Waals surface area contributed by atoms with E-state index in [4.69, 9.17) is 21.1 Å². The minimum Gasteiger partial charge on any atom is -0.481 e. The highest BCUT2D eigenvalue weighted by molar-refractivity contribution is 6.34. The van der Waals surface area contributed by atoms with Gasteiger partial charge < -0.3 is 14.8 Å². The molecule has 1 N–H and O–H groups in total. The monoisotopic (exact) mass is 384 g/mol. The molecule has 0 aliphatic heterocycles. The molecule has 0 fully saturated rings. The van der Waals surface area contributed by atoms with E-state index in [9.17, 15) is 14.9 Å². The fraction of sp³-hybridized carbons (Fsp3) is 0.150. The Hall–Kier alpha value is -3.30. The number of para-hydroxylation sites is 2. The van der Waals surface area contributed by atoms with Gasteiger partial charge in [-0.2, -0.15) is 5.26 Å². The van der Waals surface area contributed by atoms with Crippen molar-refractivity contribution >= 4 is 35.2 Å². The number of rotatable bonds is 7. The van der Waals surface area contributed by atoms with Gasteiger partial charge in [-0.1, -0.05) is 41.9 Å². The molecule has 0 aromatic heterocycles. The molecule has 0 spiro atoms. The Morgan fingerprint density at radius 2 is 1.89 bits per heavy atom. The Morgan fingerprint density at radius 3 is 2.59 bits per heavy atom. The zero-order chi connectivity index (χ0) is 19.6. The van der Waals surface area contributed by atoms with E-state index in [0.29, 0.717) is 22.0 Å². The third-order valence-corrected chi connectivity index (χ3v) is 3.69. The molecule has 0 saturated carbocycles. The van der Waals surface area contributed by atoms with E-state index < -0.39 is 11.9 Å². The summed E-state index contributed by atoms with van der Waals surface area (Å²) in [6.45, 7) is 1.68. The van der Waals surface area contributed by atoms with Gasteiger partial charge >= 0.3 is 5.97 Å². The standard InChI is InChI=1S/C20H17ClN2O4/c1-2-26-19(24)13-27-18-10-6-3-7-14(18)11-15(12-22)20(25)23-17-9-5-4-8-16(17)21/h3-11H,2,13H2,1H3,(H,23,25)/b15-11+. The molecule has 0 atom stereocenters. The van der Waals surface area contributed by atoms with Crippen LogP contribution in [0.4, 0.5) is 5.69 Å². The van der Waals surface area contributed by atoms with Gasteiger partial charge in [0.1, 0.15) is 17.4 Å². The largest absolute Gasteiger partial charge is 0.481 e. The van der Waals surface area contributed by atoms with E-state index in [-0.39, 0.29) is 18.8 Å². The van der Waals surface area contributed by atoms with Crippen LogP contribution in [0.2, 0.25) is 5.02 Å². The van der Waals surface area contributed by atoms with Crippen LogP contribution in [-0.4, -0.2) is 25.1 Å². The number of hydrogen-bond donors (Lipinski definition) is 1. The average molecular weight is 385 g/mol. The summed E-state index contributed by atoms with van der Waals surface area (Å²) in [7, 11) is 0. The Kier molecular flexibility index (Phi) is 7.41. The summed E-state index contributed by atoms with van der Waals surface area (Å²) in [5, 5.41) is 12.3. The van der Waals surface area contributed by atoms with Gasteiger partial charge in [-0.15, -0.1) is 0 Å². The second kappa shape index (κ2) is 10.00. The van der Waals surface area contributed by atoms with Crippen LogP contribution in [0, 0.1) is 11.3 Å². The lowest BCUT2D eigenvalue weighted by atomic mass is 10.1. The summed E-state index contributed by atoms with van der Waals surface area (Å²) in [5.74, 6) is -0.761. The third-order valence-electron chi connectivity index (χ3n) is 3.36. The molecule has 2 aromatic rings. The number of anilines is 1. The van der Waals surface area contributed by atoms with Crippen molar-refractivity contribution in [1.29, 1.82) is 5.26 Å². The lowest BCUT2D eigenvalue weighted by Gasteiger charge is -2.09. The van der Waals surface area contributed by atoms with Crippen molar-refractivity contribution in [3.8, 4) is 11.8 Å². The summed E-state index contributed by atoms with van der Waals surface area (Å²) in [5.41, 5.74) is 0.743. The van der Waals surface area contributed by atoms with Gasteiger partial charge in [-0.3, -0.25) is 4.79 Å². The number of halogens is 1. The highest BCUT2D eigenvalue weighted by Crippen LogP contribution is 2.23. The fourth-order valence-corrected chi connectivity index (χ4v) is 2.31. The number of carbonyl (C=O) groups excluding carboxylic acids is 2. The zero-order valence-electron chi connectivity index (χ0n) is 14.6.